The maximum atomic E-state index is 6.06. The van der Waals surface area contributed by atoms with Crippen LogP contribution in [0.15, 0.2) is 41.1 Å². The molecule has 3 rings (SSSR count). The Morgan fingerprint density at radius 2 is 1.95 bits per heavy atom. The molecule has 0 unspecified atom stereocenters. The molecule has 5 heteroatoms. The monoisotopic (exact) mass is 354 g/mol. The second-order valence-electron chi connectivity index (χ2n) is 4.26. The first-order chi connectivity index (χ1) is 9.08. The number of imidazole rings is 1. The Morgan fingerprint density at radius 3 is 2.63 bits per heavy atom. The molecule has 2 aromatic heterocycles. The second-order valence-corrected chi connectivity index (χ2v) is 5.83. The lowest BCUT2D eigenvalue weighted by molar-refractivity contribution is 1.14. The van der Waals surface area contributed by atoms with Gasteiger partial charge in [0, 0.05) is 11.8 Å². The number of aromatic nitrogens is 2. The molecular weight excluding hydrogens is 347 g/mol. The van der Waals surface area contributed by atoms with E-state index in [0.29, 0.717) is 10.0 Å². The van der Waals surface area contributed by atoms with Crippen molar-refractivity contribution in [2.24, 2.45) is 0 Å². The van der Waals surface area contributed by atoms with Gasteiger partial charge in [0.15, 0.2) is 0 Å². The summed E-state index contributed by atoms with van der Waals surface area (Å²) >= 11 is 15.6. The molecule has 0 aliphatic rings. The van der Waals surface area contributed by atoms with Crippen LogP contribution in [0, 0.1) is 6.92 Å². The standard InChI is InChI=1S/C14H9BrCl2N2/c1-8-3-2-6-19-13(15)12(18-14(8)19)9-4-5-10(16)11(17)7-9/h2-7H,1H3. The van der Waals surface area contributed by atoms with Gasteiger partial charge in [-0.05, 0) is 46.6 Å². The van der Waals surface area contributed by atoms with E-state index in [1.807, 2.05) is 41.8 Å². The van der Waals surface area contributed by atoms with E-state index in [9.17, 15) is 0 Å². The smallest absolute Gasteiger partial charge is 0.141 e. The third-order valence-electron chi connectivity index (χ3n) is 2.98. The molecule has 0 amide bonds. The number of rotatable bonds is 1. The quantitative estimate of drug-likeness (QED) is 0.572. The van der Waals surface area contributed by atoms with Crippen molar-refractivity contribution in [2.75, 3.05) is 0 Å². The summed E-state index contributed by atoms with van der Waals surface area (Å²) in [6, 6.07) is 9.55. The second kappa shape index (κ2) is 4.82. The van der Waals surface area contributed by atoms with Gasteiger partial charge >= 0.3 is 0 Å². The maximum Gasteiger partial charge on any atom is 0.141 e. The summed E-state index contributed by atoms with van der Waals surface area (Å²) in [7, 11) is 0. The van der Waals surface area contributed by atoms with Gasteiger partial charge in [0.05, 0.1) is 10.0 Å². The van der Waals surface area contributed by atoms with Gasteiger partial charge in [-0.15, -0.1) is 0 Å². The molecule has 0 atom stereocenters. The van der Waals surface area contributed by atoms with E-state index in [2.05, 4.69) is 20.9 Å². The van der Waals surface area contributed by atoms with Crippen molar-refractivity contribution in [3.8, 4) is 11.3 Å². The normalized spacial score (nSPS) is 11.2. The van der Waals surface area contributed by atoms with Gasteiger partial charge in [-0.2, -0.15) is 0 Å². The Morgan fingerprint density at radius 1 is 1.16 bits per heavy atom. The Bertz CT molecular complexity index is 780. The summed E-state index contributed by atoms with van der Waals surface area (Å²) in [4.78, 5) is 4.67. The number of pyridine rings is 1. The Balaban J connectivity index is 2.28. The maximum absolute atomic E-state index is 6.06. The third kappa shape index (κ3) is 2.16. The first-order valence-corrected chi connectivity index (χ1v) is 7.21. The van der Waals surface area contributed by atoms with Crippen LogP contribution in [-0.4, -0.2) is 9.38 Å². The minimum absolute atomic E-state index is 0.528. The molecule has 0 fully saturated rings. The summed E-state index contributed by atoms with van der Waals surface area (Å²) in [6.07, 6.45) is 1.97. The van der Waals surface area contributed by atoms with Crippen LogP contribution in [0.4, 0.5) is 0 Å². The topological polar surface area (TPSA) is 17.3 Å². The number of fused-ring (bicyclic) bond motifs is 1. The van der Waals surface area contributed by atoms with Gasteiger partial charge < -0.3 is 0 Å². The molecule has 0 radical (unpaired) electrons. The highest BCUT2D eigenvalue weighted by Gasteiger charge is 2.13. The van der Waals surface area contributed by atoms with E-state index < -0.39 is 0 Å². The van der Waals surface area contributed by atoms with E-state index >= 15 is 0 Å². The Labute approximate surface area is 129 Å². The van der Waals surface area contributed by atoms with Gasteiger partial charge in [-0.25, -0.2) is 4.98 Å². The van der Waals surface area contributed by atoms with Crippen LogP contribution in [-0.2, 0) is 0 Å². The summed E-state index contributed by atoms with van der Waals surface area (Å²) in [5.74, 6) is 0. The summed E-state index contributed by atoms with van der Waals surface area (Å²) in [6.45, 7) is 2.04. The molecule has 0 saturated carbocycles. The van der Waals surface area contributed by atoms with Crippen LogP contribution in [0.25, 0.3) is 16.9 Å². The SMILES string of the molecule is Cc1cccn2c(Br)c(-c3ccc(Cl)c(Cl)c3)nc12. The fourth-order valence-corrected chi connectivity index (χ4v) is 2.90. The fourth-order valence-electron chi connectivity index (χ4n) is 2.00. The zero-order chi connectivity index (χ0) is 13.6. The van der Waals surface area contributed by atoms with Gasteiger partial charge in [0.25, 0.3) is 0 Å². The van der Waals surface area contributed by atoms with E-state index in [1.165, 1.54) is 0 Å². The number of nitrogens with zero attached hydrogens (tertiary/aromatic N) is 2. The largest absolute Gasteiger partial charge is 0.293 e. The number of aryl methyl sites for hydroxylation is 1. The van der Waals surface area contributed by atoms with E-state index in [4.69, 9.17) is 23.2 Å². The number of halogens is 3. The lowest BCUT2D eigenvalue weighted by Crippen LogP contribution is -1.85. The molecule has 0 bridgehead atoms. The van der Waals surface area contributed by atoms with Crippen LogP contribution in [0.3, 0.4) is 0 Å². The van der Waals surface area contributed by atoms with Crippen molar-refractivity contribution >= 4 is 44.8 Å². The Hall–Kier alpha value is -1.03. The van der Waals surface area contributed by atoms with Crippen molar-refractivity contribution < 1.29 is 0 Å². The van der Waals surface area contributed by atoms with Gasteiger partial charge in [0.1, 0.15) is 15.9 Å². The molecule has 2 heterocycles. The first-order valence-electron chi connectivity index (χ1n) is 5.66. The molecular formula is C14H9BrCl2N2. The molecule has 0 saturated heterocycles. The average Bonchev–Trinajstić information content (AvgIpc) is 2.72. The predicted octanol–water partition coefficient (Wildman–Crippen LogP) is 5.38. The van der Waals surface area contributed by atoms with Crippen LogP contribution < -0.4 is 0 Å². The van der Waals surface area contributed by atoms with Crippen LogP contribution in [0.5, 0.6) is 0 Å². The molecule has 0 N–H and O–H groups in total. The van der Waals surface area contributed by atoms with E-state index in [0.717, 1.165) is 27.1 Å². The minimum Gasteiger partial charge on any atom is -0.293 e. The summed E-state index contributed by atoms with van der Waals surface area (Å²) in [5.41, 5.74) is 3.84. The molecule has 0 spiro atoms. The van der Waals surface area contributed by atoms with Crippen LogP contribution in [0.1, 0.15) is 5.56 Å². The third-order valence-corrected chi connectivity index (χ3v) is 4.48. The highest BCUT2D eigenvalue weighted by Crippen LogP contribution is 2.33. The van der Waals surface area contributed by atoms with Gasteiger partial charge in [-0.1, -0.05) is 35.3 Å². The van der Waals surface area contributed by atoms with Crippen LogP contribution >= 0.6 is 39.1 Å². The van der Waals surface area contributed by atoms with Crippen molar-refractivity contribution in [1.82, 2.24) is 9.38 Å². The molecule has 0 aliphatic heterocycles. The zero-order valence-corrected chi connectivity index (χ0v) is 13.1. The van der Waals surface area contributed by atoms with Crippen molar-refractivity contribution in [3.05, 3.63) is 56.7 Å². The Kier molecular flexibility index (Phi) is 3.29. The molecule has 1 aromatic carbocycles. The van der Waals surface area contributed by atoms with Crippen LogP contribution in [0.2, 0.25) is 10.0 Å². The van der Waals surface area contributed by atoms with Gasteiger partial charge in [-0.3, -0.25) is 4.40 Å². The van der Waals surface area contributed by atoms with E-state index in [-0.39, 0.29) is 0 Å². The predicted molar refractivity (Wildman–Crippen MR) is 83.1 cm³/mol. The first kappa shape index (κ1) is 13.0. The van der Waals surface area contributed by atoms with Crippen molar-refractivity contribution in [1.29, 1.82) is 0 Å². The summed E-state index contributed by atoms with van der Waals surface area (Å²) < 4.78 is 2.91. The lowest BCUT2D eigenvalue weighted by Gasteiger charge is -2.00. The lowest BCUT2D eigenvalue weighted by atomic mass is 10.2. The highest BCUT2D eigenvalue weighted by atomic mass is 79.9. The van der Waals surface area contributed by atoms with Crippen molar-refractivity contribution in [2.45, 2.75) is 6.92 Å². The molecule has 3 aromatic rings. The average molecular weight is 356 g/mol. The molecule has 2 nitrogen and oxygen atoms in total. The molecule has 96 valence electrons. The van der Waals surface area contributed by atoms with Gasteiger partial charge in [0.2, 0.25) is 0 Å². The zero-order valence-electron chi connectivity index (χ0n) is 9.99. The molecule has 19 heavy (non-hydrogen) atoms. The van der Waals surface area contributed by atoms with Crippen molar-refractivity contribution in [3.63, 3.8) is 0 Å². The minimum atomic E-state index is 0.528. The fraction of sp³-hybridized carbons (Fsp3) is 0.0714. The number of hydrogen-bond donors (Lipinski definition) is 0. The summed E-state index contributed by atoms with van der Waals surface area (Å²) in [5, 5.41) is 1.07. The number of hydrogen-bond acceptors (Lipinski definition) is 1. The van der Waals surface area contributed by atoms with E-state index in [1.54, 1.807) is 6.07 Å². The highest BCUT2D eigenvalue weighted by molar-refractivity contribution is 9.10. The molecule has 0 aliphatic carbocycles. The number of benzene rings is 1.